The lowest BCUT2D eigenvalue weighted by molar-refractivity contribution is 0.110. The molecule has 19 heavy (non-hydrogen) atoms. The zero-order valence-corrected chi connectivity index (χ0v) is 12.6. The quantitative estimate of drug-likeness (QED) is 0.848. The van der Waals surface area contributed by atoms with Gasteiger partial charge < -0.3 is 5.73 Å². The van der Waals surface area contributed by atoms with E-state index < -0.39 is 0 Å². The van der Waals surface area contributed by atoms with Gasteiger partial charge in [0.1, 0.15) is 0 Å². The molecule has 0 aromatic carbocycles. The summed E-state index contributed by atoms with van der Waals surface area (Å²) in [4.78, 5) is 5.41. The Balaban J connectivity index is 1.66. The molecule has 0 aromatic heterocycles. The van der Waals surface area contributed by atoms with E-state index in [1.165, 1.54) is 64.5 Å². The van der Waals surface area contributed by atoms with Crippen molar-refractivity contribution in [3.05, 3.63) is 0 Å². The first-order chi connectivity index (χ1) is 9.29. The molecule has 2 saturated heterocycles. The molecule has 0 aromatic rings. The highest BCUT2D eigenvalue weighted by molar-refractivity contribution is 4.94. The van der Waals surface area contributed by atoms with E-state index in [2.05, 4.69) is 16.8 Å². The van der Waals surface area contributed by atoms with Crippen LogP contribution in [0.15, 0.2) is 0 Å². The lowest BCUT2D eigenvalue weighted by Crippen LogP contribution is -2.49. The number of likely N-dealkylation sites (tertiary alicyclic amines) is 1. The van der Waals surface area contributed by atoms with Crippen molar-refractivity contribution >= 4 is 0 Å². The first-order valence-electron chi connectivity index (χ1n) is 8.45. The fourth-order valence-corrected chi connectivity index (χ4v) is 4.79. The van der Waals surface area contributed by atoms with Gasteiger partial charge in [-0.15, -0.1) is 0 Å². The van der Waals surface area contributed by atoms with Crippen LogP contribution in [0.3, 0.4) is 0 Å². The Morgan fingerprint density at radius 3 is 2.47 bits per heavy atom. The SMILES string of the molecule is CN1C2CCC1CN(C(CN)C1CCCCC1)CC2. The molecule has 2 aliphatic heterocycles. The normalized spacial score (nSPS) is 36.3. The zero-order chi connectivity index (χ0) is 13.2. The van der Waals surface area contributed by atoms with Gasteiger partial charge in [0, 0.05) is 37.8 Å². The molecule has 110 valence electrons. The third-order valence-electron chi connectivity index (χ3n) is 6.08. The van der Waals surface area contributed by atoms with Gasteiger partial charge in [0.15, 0.2) is 0 Å². The number of nitrogens with two attached hydrogens (primary N) is 1. The minimum Gasteiger partial charge on any atom is -0.329 e. The van der Waals surface area contributed by atoms with Crippen LogP contribution in [0.25, 0.3) is 0 Å². The minimum atomic E-state index is 0.660. The third-order valence-corrected chi connectivity index (χ3v) is 6.08. The van der Waals surface area contributed by atoms with Gasteiger partial charge in [-0.3, -0.25) is 9.80 Å². The summed E-state index contributed by atoms with van der Waals surface area (Å²) >= 11 is 0. The van der Waals surface area contributed by atoms with Crippen LogP contribution >= 0.6 is 0 Å². The number of fused-ring (bicyclic) bond motifs is 2. The summed E-state index contributed by atoms with van der Waals surface area (Å²) in [6, 6.07) is 2.30. The van der Waals surface area contributed by atoms with E-state index in [4.69, 9.17) is 5.73 Å². The molecular weight excluding hydrogens is 234 g/mol. The van der Waals surface area contributed by atoms with Crippen molar-refractivity contribution in [1.82, 2.24) is 9.80 Å². The highest BCUT2D eigenvalue weighted by atomic mass is 15.3. The van der Waals surface area contributed by atoms with E-state index in [1.54, 1.807) is 0 Å². The Labute approximate surface area is 118 Å². The predicted octanol–water partition coefficient (Wildman–Crippen LogP) is 2.06. The summed E-state index contributed by atoms with van der Waals surface area (Å²) in [5, 5.41) is 0. The van der Waals surface area contributed by atoms with Crippen molar-refractivity contribution in [1.29, 1.82) is 0 Å². The van der Waals surface area contributed by atoms with Crippen LogP contribution in [0.4, 0.5) is 0 Å². The van der Waals surface area contributed by atoms with Crippen molar-refractivity contribution in [2.45, 2.75) is 69.5 Å². The van der Waals surface area contributed by atoms with E-state index in [9.17, 15) is 0 Å². The largest absolute Gasteiger partial charge is 0.329 e. The standard InChI is InChI=1S/C16H31N3/c1-18-14-7-8-15(18)12-19(10-9-14)16(11-17)13-5-3-2-4-6-13/h13-16H,2-12,17H2,1H3. The van der Waals surface area contributed by atoms with Crippen molar-refractivity contribution in [3.8, 4) is 0 Å². The highest BCUT2D eigenvalue weighted by Gasteiger charge is 2.38. The molecule has 2 N–H and O–H groups in total. The Hall–Kier alpha value is -0.120. The average Bonchev–Trinajstić information content (AvgIpc) is 2.68. The lowest BCUT2D eigenvalue weighted by atomic mass is 9.83. The highest BCUT2D eigenvalue weighted by Crippen LogP contribution is 2.33. The van der Waals surface area contributed by atoms with Crippen LogP contribution < -0.4 is 5.73 Å². The maximum absolute atomic E-state index is 6.16. The second-order valence-electron chi connectivity index (χ2n) is 7.04. The van der Waals surface area contributed by atoms with Crippen LogP contribution in [0.1, 0.15) is 51.4 Å². The van der Waals surface area contributed by atoms with Crippen molar-refractivity contribution in [2.24, 2.45) is 11.7 Å². The van der Waals surface area contributed by atoms with Crippen LogP contribution in [0.5, 0.6) is 0 Å². The molecule has 3 atom stereocenters. The van der Waals surface area contributed by atoms with Gasteiger partial charge in [-0.05, 0) is 45.1 Å². The molecule has 3 rings (SSSR count). The Bertz CT molecular complexity index is 288. The number of likely N-dealkylation sites (N-methyl/N-ethyl adjacent to an activating group) is 1. The number of hydrogen-bond donors (Lipinski definition) is 1. The van der Waals surface area contributed by atoms with Gasteiger partial charge >= 0.3 is 0 Å². The van der Waals surface area contributed by atoms with E-state index in [-0.39, 0.29) is 0 Å². The van der Waals surface area contributed by atoms with Gasteiger partial charge in [0.05, 0.1) is 0 Å². The van der Waals surface area contributed by atoms with Gasteiger partial charge in [0.25, 0.3) is 0 Å². The number of nitrogens with zero attached hydrogens (tertiary/aromatic N) is 2. The molecule has 3 aliphatic rings. The molecule has 0 spiro atoms. The van der Waals surface area contributed by atoms with Gasteiger partial charge in [0.2, 0.25) is 0 Å². The van der Waals surface area contributed by atoms with Crippen molar-refractivity contribution in [3.63, 3.8) is 0 Å². The van der Waals surface area contributed by atoms with E-state index in [0.29, 0.717) is 6.04 Å². The Morgan fingerprint density at radius 2 is 1.74 bits per heavy atom. The summed E-state index contributed by atoms with van der Waals surface area (Å²) in [6.45, 7) is 3.42. The molecule has 0 amide bonds. The van der Waals surface area contributed by atoms with Crippen LogP contribution in [-0.4, -0.2) is 54.6 Å². The van der Waals surface area contributed by atoms with Crippen LogP contribution in [-0.2, 0) is 0 Å². The summed E-state index contributed by atoms with van der Waals surface area (Å²) in [5.74, 6) is 0.876. The molecule has 3 fully saturated rings. The minimum absolute atomic E-state index is 0.660. The molecule has 3 heteroatoms. The van der Waals surface area contributed by atoms with E-state index in [0.717, 1.165) is 24.5 Å². The maximum Gasteiger partial charge on any atom is 0.0247 e. The summed E-state index contributed by atoms with van der Waals surface area (Å²) in [7, 11) is 2.34. The molecular formula is C16H31N3. The summed E-state index contributed by atoms with van der Waals surface area (Å²) < 4.78 is 0. The Kier molecular flexibility index (Phi) is 4.45. The molecule has 1 aliphatic carbocycles. The third kappa shape index (κ3) is 2.84. The van der Waals surface area contributed by atoms with Crippen LogP contribution in [0, 0.1) is 5.92 Å². The lowest BCUT2D eigenvalue weighted by Gasteiger charge is -2.39. The van der Waals surface area contributed by atoms with E-state index >= 15 is 0 Å². The molecule has 2 heterocycles. The first-order valence-corrected chi connectivity index (χ1v) is 8.45. The average molecular weight is 265 g/mol. The summed E-state index contributed by atoms with van der Waals surface area (Å²) in [6.07, 6.45) is 11.3. The monoisotopic (exact) mass is 265 g/mol. The molecule has 3 nitrogen and oxygen atoms in total. The second kappa shape index (κ2) is 6.11. The Morgan fingerprint density at radius 1 is 1.00 bits per heavy atom. The van der Waals surface area contributed by atoms with E-state index in [1.807, 2.05) is 0 Å². The molecule has 0 radical (unpaired) electrons. The number of rotatable bonds is 3. The van der Waals surface area contributed by atoms with Crippen LogP contribution in [0.2, 0.25) is 0 Å². The molecule has 1 saturated carbocycles. The van der Waals surface area contributed by atoms with Gasteiger partial charge in [-0.25, -0.2) is 0 Å². The predicted molar refractivity (Wildman–Crippen MR) is 80.2 cm³/mol. The molecule has 2 bridgehead atoms. The smallest absolute Gasteiger partial charge is 0.0247 e. The topological polar surface area (TPSA) is 32.5 Å². The zero-order valence-electron chi connectivity index (χ0n) is 12.6. The van der Waals surface area contributed by atoms with Gasteiger partial charge in [-0.2, -0.15) is 0 Å². The van der Waals surface area contributed by atoms with Gasteiger partial charge in [-0.1, -0.05) is 19.3 Å². The second-order valence-corrected chi connectivity index (χ2v) is 7.04. The maximum atomic E-state index is 6.16. The first kappa shape index (κ1) is 13.8. The fraction of sp³-hybridized carbons (Fsp3) is 1.00. The fourth-order valence-electron chi connectivity index (χ4n) is 4.79. The number of hydrogen-bond acceptors (Lipinski definition) is 3. The van der Waals surface area contributed by atoms with Crippen molar-refractivity contribution < 1.29 is 0 Å². The summed E-state index contributed by atoms with van der Waals surface area (Å²) in [5.41, 5.74) is 6.16. The molecule has 3 unspecified atom stereocenters. The van der Waals surface area contributed by atoms with Crippen molar-refractivity contribution in [2.75, 3.05) is 26.7 Å².